The lowest BCUT2D eigenvalue weighted by Gasteiger charge is -2.38. The fourth-order valence-corrected chi connectivity index (χ4v) is 5.67. The fourth-order valence-electron chi connectivity index (χ4n) is 5.67. The summed E-state index contributed by atoms with van der Waals surface area (Å²) < 4.78 is 48.5. The van der Waals surface area contributed by atoms with Crippen molar-refractivity contribution in [1.82, 2.24) is 9.88 Å². The van der Waals surface area contributed by atoms with Crippen molar-refractivity contribution in [3.63, 3.8) is 0 Å². The molecular formula is C30H35F3N2O3. The van der Waals surface area contributed by atoms with Gasteiger partial charge in [-0.3, -0.25) is 9.78 Å². The van der Waals surface area contributed by atoms with Crippen LogP contribution in [0.15, 0.2) is 48.7 Å². The number of likely N-dealkylation sites (tertiary alicyclic amines) is 1. The molecule has 1 N–H and O–H groups in total. The lowest BCUT2D eigenvalue weighted by Crippen LogP contribution is -2.41. The fraction of sp³-hybridized carbons (Fsp3) is 0.467. The van der Waals surface area contributed by atoms with E-state index in [4.69, 9.17) is 4.74 Å². The quantitative estimate of drug-likeness (QED) is 0.264. The number of ether oxygens (including phenoxy) is 1. The van der Waals surface area contributed by atoms with Crippen LogP contribution in [0.3, 0.4) is 0 Å². The number of aliphatic carboxylic acids is 1. The van der Waals surface area contributed by atoms with E-state index >= 15 is 4.39 Å². The first-order valence-corrected chi connectivity index (χ1v) is 13.3. The summed E-state index contributed by atoms with van der Waals surface area (Å²) in [6.07, 6.45) is 3.95. The number of benzene rings is 2. The molecule has 3 atom stereocenters. The van der Waals surface area contributed by atoms with Crippen LogP contribution in [-0.2, 0) is 11.2 Å². The molecule has 1 unspecified atom stereocenters. The number of carboxylic acid groups (broad SMARTS) is 1. The van der Waals surface area contributed by atoms with E-state index in [0.717, 1.165) is 31.3 Å². The molecule has 0 spiro atoms. The van der Waals surface area contributed by atoms with Crippen molar-refractivity contribution in [2.24, 2.45) is 11.8 Å². The Morgan fingerprint density at radius 1 is 1.16 bits per heavy atom. The van der Waals surface area contributed by atoms with E-state index in [2.05, 4.69) is 9.88 Å². The predicted octanol–water partition coefficient (Wildman–Crippen LogP) is 6.75. The predicted molar refractivity (Wildman–Crippen MR) is 141 cm³/mol. The minimum Gasteiger partial charge on any atom is -0.497 e. The van der Waals surface area contributed by atoms with Gasteiger partial charge >= 0.3 is 5.97 Å². The van der Waals surface area contributed by atoms with Crippen LogP contribution in [0.1, 0.15) is 55.8 Å². The molecule has 0 bridgehead atoms. The van der Waals surface area contributed by atoms with Crippen LogP contribution in [0.4, 0.5) is 13.2 Å². The van der Waals surface area contributed by atoms with Crippen molar-refractivity contribution in [2.75, 3.05) is 26.7 Å². The topological polar surface area (TPSA) is 62.7 Å². The summed E-state index contributed by atoms with van der Waals surface area (Å²) in [6, 6.07) is 11.0. The average molecular weight is 529 g/mol. The van der Waals surface area contributed by atoms with Gasteiger partial charge in [0.2, 0.25) is 0 Å². The van der Waals surface area contributed by atoms with Gasteiger partial charge in [-0.1, -0.05) is 6.07 Å². The SMILES string of the molecule is COc1ccc2nccc(C(F)CC[C@@H]3CCN(CCCCc4c(F)cccc4F)C[C@@H]3CC(=O)O)c2c1. The Balaban J connectivity index is 1.31. The highest BCUT2D eigenvalue weighted by Crippen LogP contribution is 2.36. The highest BCUT2D eigenvalue weighted by atomic mass is 19.1. The molecular weight excluding hydrogens is 493 g/mol. The Labute approximate surface area is 221 Å². The van der Waals surface area contributed by atoms with Crippen molar-refractivity contribution in [3.8, 4) is 5.75 Å². The second kappa shape index (κ2) is 13.1. The number of carboxylic acids is 1. The molecule has 3 aromatic rings. The van der Waals surface area contributed by atoms with Crippen molar-refractivity contribution >= 4 is 16.9 Å². The van der Waals surface area contributed by atoms with Crippen LogP contribution < -0.4 is 4.74 Å². The van der Waals surface area contributed by atoms with Gasteiger partial charge in [0, 0.05) is 30.1 Å². The molecule has 0 amide bonds. The Morgan fingerprint density at radius 3 is 2.68 bits per heavy atom. The number of methoxy groups -OCH3 is 1. The molecule has 1 saturated heterocycles. The zero-order valence-electron chi connectivity index (χ0n) is 21.7. The number of hydrogen-bond donors (Lipinski definition) is 1. The van der Waals surface area contributed by atoms with Gasteiger partial charge in [0.25, 0.3) is 0 Å². The molecule has 8 heteroatoms. The van der Waals surface area contributed by atoms with E-state index in [1.165, 1.54) is 18.2 Å². The average Bonchev–Trinajstić information content (AvgIpc) is 2.90. The zero-order valence-corrected chi connectivity index (χ0v) is 21.7. The number of nitrogens with zero attached hydrogens (tertiary/aromatic N) is 2. The maximum Gasteiger partial charge on any atom is 0.303 e. The monoisotopic (exact) mass is 528 g/mol. The first-order chi connectivity index (χ1) is 18.4. The van der Waals surface area contributed by atoms with E-state index in [1.807, 2.05) is 6.07 Å². The number of fused-ring (bicyclic) bond motifs is 1. The highest BCUT2D eigenvalue weighted by Gasteiger charge is 2.31. The Hall–Kier alpha value is -3.13. The van der Waals surface area contributed by atoms with Gasteiger partial charge in [-0.25, -0.2) is 13.2 Å². The number of rotatable bonds is 12. The zero-order chi connectivity index (χ0) is 27.1. The van der Waals surface area contributed by atoms with Crippen LogP contribution in [0.25, 0.3) is 10.9 Å². The second-order valence-corrected chi connectivity index (χ2v) is 10.2. The highest BCUT2D eigenvalue weighted by molar-refractivity contribution is 5.83. The van der Waals surface area contributed by atoms with E-state index in [1.54, 1.807) is 31.5 Å². The molecule has 1 fully saturated rings. The molecule has 1 aliphatic heterocycles. The van der Waals surface area contributed by atoms with E-state index < -0.39 is 23.8 Å². The Morgan fingerprint density at radius 2 is 1.95 bits per heavy atom. The van der Waals surface area contributed by atoms with Gasteiger partial charge in [0.15, 0.2) is 0 Å². The Bertz CT molecular complexity index is 1220. The van der Waals surface area contributed by atoms with Gasteiger partial charge in [-0.05, 0) is 105 Å². The first kappa shape index (κ1) is 27.9. The molecule has 1 aliphatic rings. The van der Waals surface area contributed by atoms with Gasteiger partial charge in [0.05, 0.1) is 12.6 Å². The standard InChI is InChI=1S/C30H35F3N2O3/c1-38-22-9-11-29-25(18-22)23(12-14-34-29)28(33)10-8-20-13-16-35(19-21(20)17-30(36)37)15-3-2-5-24-26(31)6-4-7-27(24)32/h4,6-7,9,11-12,14,18,20-21,28H,2-3,5,8,10,13,15-17,19H2,1H3,(H,36,37)/t20-,21+,28?/m1/s1. The van der Waals surface area contributed by atoms with Crippen molar-refractivity contribution in [3.05, 3.63) is 71.4 Å². The van der Waals surface area contributed by atoms with Crippen LogP contribution in [0, 0.1) is 23.5 Å². The number of aromatic nitrogens is 1. The number of alkyl halides is 1. The van der Waals surface area contributed by atoms with Crippen molar-refractivity contribution in [1.29, 1.82) is 0 Å². The Kier molecular flexibility index (Phi) is 9.61. The first-order valence-electron chi connectivity index (χ1n) is 13.3. The molecule has 2 aromatic carbocycles. The molecule has 204 valence electrons. The smallest absolute Gasteiger partial charge is 0.303 e. The molecule has 0 saturated carbocycles. The third kappa shape index (κ3) is 7.04. The summed E-state index contributed by atoms with van der Waals surface area (Å²) in [5, 5.41) is 10.2. The molecule has 0 aliphatic carbocycles. The summed E-state index contributed by atoms with van der Waals surface area (Å²) >= 11 is 0. The van der Waals surface area contributed by atoms with E-state index in [-0.39, 0.29) is 23.8 Å². The number of piperidine rings is 1. The lowest BCUT2D eigenvalue weighted by atomic mass is 9.79. The summed E-state index contributed by atoms with van der Waals surface area (Å²) in [5.41, 5.74) is 1.41. The largest absolute Gasteiger partial charge is 0.497 e. The minimum atomic E-state index is -1.19. The normalized spacial score (nSPS) is 18.9. The van der Waals surface area contributed by atoms with Crippen LogP contribution in [0.2, 0.25) is 0 Å². The van der Waals surface area contributed by atoms with Crippen molar-refractivity contribution < 1.29 is 27.8 Å². The summed E-state index contributed by atoms with van der Waals surface area (Å²) in [4.78, 5) is 18.1. The molecule has 1 aromatic heterocycles. The summed E-state index contributed by atoms with van der Waals surface area (Å²) in [5.74, 6) is -1.18. The number of halogens is 3. The molecule has 5 nitrogen and oxygen atoms in total. The minimum absolute atomic E-state index is 0.0495. The molecule has 2 heterocycles. The number of unbranched alkanes of at least 4 members (excludes halogenated alkanes) is 1. The molecule has 4 rings (SSSR count). The van der Waals surface area contributed by atoms with Gasteiger partial charge in [0.1, 0.15) is 23.6 Å². The van der Waals surface area contributed by atoms with E-state index in [0.29, 0.717) is 49.1 Å². The number of hydrogen-bond acceptors (Lipinski definition) is 4. The maximum atomic E-state index is 15.5. The molecule has 38 heavy (non-hydrogen) atoms. The van der Waals surface area contributed by atoms with Gasteiger partial charge in [-0.15, -0.1) is 0 Å². The molecule has 0 radical (unpaired) electrons. The third-order valence-corrected chi connectivity index (χ3v) is 7.74. The maximum absolute atomic E-state index is 15.5. The second-order valence-electron chi connectivity index (χ2n) is 10.2. The number of pyridine rings is 1. The van der Waals surface area contributed by atoms with E-state index in [9.17, 15) is 18.7 Å². The third-order valence-electron chi connectivity index (χ3n) is 7.74. The van der Waals surface area contributed by atoms with Gasteiger partial charge < -0.3 is 14.7 Å². The number of carbonyl (C=O) groups is 1. The summed E-state index contributed by atoms with van der Waals surface area (Å²) in [6.45, 7) is 2.19. The van der Waals surface area contributed by atoms with Crippen LogP contribution in [-0.4, -0.2) is 47.7 Å². The summed E-state index contributed by atoms with van der Waals surface area (Å²) in [7, 11) is 1.57. The van der Waals surface area contributed by atoms with Crippen LogP contribution in [0.5, 0.6) is 5.75 Å². The van der Waals surface area contributed by atoms with Crippen molar-refractivity contribution in [2.45, 2.75) is 51.1 Å². The van der Waals surface area contributed by atoms with Gasteiger partial charge in [-0.2, -0.15) is 0 Å². The van der Waals surface area contributed by atoms with Crippen LogP contribution >= 0.6 is 0 Å². The lowest BCUT2D eigenvalue weighted by molar-refractivity contribution is -0.139.